The molecule has 0 unspecified atom stereocenters. The number of benzene rings is 1. The number of aryl methyl sites for hydroxylation is 1. The lowest BCUT2D eigenvalue weighted by Crippen LogP contribution is -2.30. The van der Waals surface area contributed by atoms with Crippen LogP contribution in [0.5, 0.6) is 0 Å². The van der Waals surface area contributed by atoms with Gasteiger partial charge in [-0.05, 0) is 44.5 Å². The molecule has 0 aliphatic carbocycles. The van der Waals surface area contributed by atoms with Crippen LogP contribution in [-0.4, -0.2) is 21.6 Å². The minimum absolute atomic E-state index is 0.0488. The molecule has 0 aliphatic rings. The number of halogens is 1. The van der Waals surface area contributed by atoms with Gasteiger partial charge in [-0.3, -0.25) is 9.59 Å². The van der Waals surface area contributed by atoms with Crippen LogP contribution in [0.1, 0.15) is 25.5 Å². The molecule has 22 heavy (non-hydrogen) atoms. The second-order valence-corrected chi connectivity index (χ2v) is 5.12. The summed E-state index contributed by atoms with van der Waals surface area (Å²) in [5, 5.41) is 9.01. The van der Waals surface area contributed by atoms with Crippen LogP contribution in [-0.2, 0) is 9.59 Å². The molecule has 6 nitrogen and oxygen atoms in total. The number of rotatable bonds is 3. The van der Waals surface area contributed by atoms with Crippen LogP contribution in [0, 0.1) is 12.7 Å². The zero-order chi connectivity index (χ0) is 16.3. The van der Waals surface area contributed by atoms with E-state index in [1.165, 1.54) is 24.4 Å². The number of hydrogen-bond acceptors (Lipinski definition) is 3. The molecule has 2 aromatic rings. The maximum atomic E-state index is 13.0. The van der Waals surface area contributed by atoms with Crippen LogP contribution in [0.4, 0.5) is 15.9 Å². The summed E-state index contributed by atoms with van der Waals surface area (Å²) in [5.41, 5.74) is 0.923. The smallest absolute Gasteiger partial charge is 0.315 e. The number of carbonyl (C=O) groups excluding carboxylic acids is 2. The van der Waals surface area contributed by atoms with Crippen LogP contribution in [0.3, 0.4) is 0 Å². The first-order valence-corrected chi connectivity index (χ1v) is 6.80. The molecule has 116 valence electrons. The van der Waals surface area contributed by atoms with Crippen molar-refractivity contribution in [2.75, 3.05) is 10.6 Å². The molecule has 7 heteroatoms. The summed E-state index contributed by atoms with van der Waals surface area (Å²) in [6.07, 6.45) is 1.54. The van der Waals surface area contributed by atoms with Gasteiger partial charge in [0.2, 0.25) is 0 Å². The number of aromatic nitrogens is 2. The van der Waals surface area contributed by atoms with E-state index in [9.17, 15) is 14.0 Å². The fraction of sp³-hybridized carbons (Fsp3) is 0.267. The predicted octanol–water partition coefficient (Wildman–Crippen LogP) is 2.49. The van der Waals surface area contributed by atoms with Crippen LogP contribution >= 0.6 is 0 Å². The van der Waals surface area contributed by atoms with Crippen molar-refractivity contribution in [2.24, 2.45) is 0 Å². The summed E-state index contributed by atoms with van der Waals surface area (Å²) in [4.78, 5) is 23.8. The summed E-state index contributed by atoms with van der Waals surface area (Å²) in [5.74, 6) is -1.61. The van der Waals surface area contributed by atoms with Crippen LogP contribution in [0.25, 0.3) is 0 Å². The zero-order valence-electron chi connectivity index (χ0n) is 12.6. The minimum atomic E-state index is -0.828. The molecule has 0 saturated carbocycles. The number of nitrogens with zero attached hydrogens (tertiary/aromatic N) is 2. The van der Waals surface area contributed by atoms with E-state index in [2.05, 4.69) is 15.7 Å². The van der Waals surface area contributed by atoms with Gasteiger partial charge >= 0.3 is 11.8 Å². The van der Waals surface area contributed by atoms with Gasteiger partial charge in [0, 0.05) is 17.8 Å². The van der Waals surface area contributed by atoms with E-state index in [-0.39, 0.29) is 6.04 Å². The first-order valence-electron chi connectivity index (χ1n) is 6.80. The fourth-order valence-corrected chi connectivity index (χ4v) is 1.94. The van der Waals surface area contributed by atoms with Gasteiger partial charge in [-0.1, -0.05) is 0 Å². The molecule has 0 spiro atoms. The van der Waals surface area contributed by atoms with Crippen molar-refractivity contribution in [3.05, 3.63) is 41.8 Å². The average molecular weight is 304 g/mol. The molecule has 2 rings (SSSR count). The fourth-order valence-electron chi connectivity index (χ4n) is 1.94. The molecule has 1 aromatic carbocycles. The Labute approximate surface area is 127 Å². The molecular weight excluding hydrogens is 287 g/mol. The van der Waals surface area contributed by atoms with E-state index in [4.69, 9.17) is 0 Å². The van der Waals surface area contributed by atoms with Crippen molar-refractivity contribution in [3.8, 4) is 0 Å². The monoisotopic (exact) mass is 304 g/mol. The van der Waals surface area contributed by atoms with Crippen LogP contribution in [0.15, 0.2) is 30.5 Å². The highest BCUT2D eigenvalue weighted by Gasteiger charge is 2.17. The third-order valence-electron chi connectivity index (χ3n) is 3.04. The number of nitrogens with one attached hydrogen (secondary N) is 2. The van der Waals surface area contributed by atoms with Gasteiger partial charge in [-0.2, -0.15) is 5.10 Å². The van der Waals surface area contributed by atoms with Gasteiger partial charge < -0.3 is 10.6 Å². The van der Waals surface area contributed by atoms with E-state index in [1.807, 2.05) is 13.8 Å². The first-order chi connectivity index (χ1) is 10.4. The Morgan fingerprint density at radius 2 is 1.86 bits per heavy atom. The van der Waals surface area contributed by atoms with Crippen molar-refractivity contribution in [1.82, 2.24) is 9.78 Å². The largest absolute Gasteiger partial charge is 0.318 e. The Hall–Kier alpha value is -2.70. The number of carbonyl (C=O) groups is 2. The van der Waals surface area contributed by atoms with Crippen LogP contribution < -0.4 is 10.6 Å². The van der Waals surface area contributed by atoms with Gasteiger partial charge in [0.15, 0.2) is 0 Å². The van der Waals surface area contributed by atoms with E-state index in [0.29, 0.717) is 17.1 Å². The molecule has 0 radical (unpaired) electrons. The third kappa shape index (κ3) is 3.49. The SMILES string of the molecule is Cc1cc(F)ccc1NC(=O)C(=O)Nc1ccnn1C(C)C. The van der Waals surface area contributed by atoms with Gasteiger partial charge in [0.05, 0.1) is 6.20 Å². The average Bonchev–Trinajstić information content (AvgIpc) is 2.90. The van der Waals surface area contributed by atoms with E-state index >= 15 is 0 Å². The molecule has 0 aliphatic heterocycles. The maximum absolute atomic E-state index is 13.0. The Balaban J connectivity index is 2.06. The Morgan fingerprint density at radius 1 is 1.18 bits per heavy atom. The van der Waals surface area contributed by atoms with E-state index < -0.39 is 17.6 Å². The topological polar surface area (TPSA) is 76.0 Å². The molecule has 0 bridgehead atoms. The first kappa shape index (κ1) is 15.7. The molecule has 0 atom stereocenters. The summed E-state index contributed by atoms with van der Waals surface area (Å²) < 4.78 is 14.6. The van der Waals surface area contributed by atoms with Gasteiger partial charge in [0.25, 0.3) is 0 Å². The minimum Gasteiger partial charge on any atom is -0.318 e. The molecule has 1 aromatic heterocycles. The zero-order valence-corrected chi connectivity index (χ0v) is 12.6. The van der Waals surface area contributed by atoms with E-state index in [1.54, 1.807) is 17.7 Å². The van der Waals surface area contributed by atoms with Crippen molar-refractivity contribution in [3.63, 3.8) is 0 Å². The number of hydrogen-bond donors (Lipinski definition) is 2. The molecule has 0 saturated heterocycles. The molecule has 0 fully saturated rings. The number of amides is 2. The van der Waals surface area contributed by atoms with Crippen molar-refractivity contribution in [2.45, 2.75) is 26.8 Å². The predicted molar refractivity (Wildman–Crippen MR) is 81.0 cm³/mol. The Bertz CT molecular complexity index is 709. The lowest BCUT2D eigenvalue weighted by Gasteiger charge is -2.12. The van der Waals surface area contributed by atoms with Gasteiger partial charge in [0.1, 0.15) is 11.6 Å². The third-order valence-corrected chi connectivity index (χ3v) is 3.04. The van der Waals surface area contributed by atoms with Gasteiger partial charge in [-0.15, -0.1) is 0 Å². The molecule has 2 N–H and O–H groups in total. The standard InChI is InChI=1S/C15H17FN4O2/c1-9(2)20-13(6-7-17-20)19-15(22)14(21)18-12-5-4-11(16)8-10(12)3/h4-9H,1-3H3,(H,18,21)(H,19,22). The maximum Gasteiger partial charge on any atom is 0.315 e. The van der Waals surface area contributed by atoms with Crippen molar-refractivity contribution in [1.29, 1.82) is 0 Å². The second-order valence-electron chi connectivity index (χ2n) is 5.12. The molecular formula is C15H17FN4O2. The highest BCUT2D eigenvalue weighted by Crippen LogP contribution is 2.16. The number of anilines is 2. The lowest BCUT2D eigenvalue weighted by molar-refractivity contribution is -0.133. The second kappa shape index (κ2) is 6.38. The van der Waals surface area contributed by atoms with E-state index in [0.717, 1.165) is 0 Å². The quantitative estimate of drug-likeness (QED) is 0.855. The summed E-state index contributed by atoms with van der Waals surface area (Å²) in [6, 6.07) is 5.56. The molecule has 2 amide bonds. The Morgan fingerprint density at radius 3 is 2.50 bits per heavy atom. The van der Waals surface area contributed by atoms with Gasteiger partial charge in [-0.25, -0.2) is 9.07 Å². The highest BCUT2D eigenvalue weighted by atomic mass is 19.1. The Kier molecular flexibility index (Phi) is 4.55. The summed E-state index contributed by atoms with van der Waals surface area (Å²) in [6.45, 7) is 5.46. The van der Waals surface area contributed by atoms with Crippen LogP contribution in [0.2, 0.25) is 0 Å². The molecule has 1 heterocycles. The lowest BCUT2D eigenvalue weighted by atomic mass is 10.2. The van der Waals surface area contributed by atoms with Crippen molar-refractivity contribution >= 4 is 23.3 Å². The normalized spacial score (nSPS) is 10.6. The summed E-state index contributed by atoms with van der Waals surface area (Å²) in [7, 11) is 0. The van der Waals surface area contributed by atoms with Crippen molar-refractivity contribution < 1.29 is 14.0 Å². The highest BCUT2D eigenvalue weighted by molar-refractivity contribution is 6.43. The summed E-state index contributed by atoms with van der Waals surface area (Å²) >= 11 is 0.